The third-order valence-corrected chi connectivity index (χ3v) is 3.06. The molecule has 0 aliphatic heterocycles. The van der Waals surface area contributed by atoms with E-state index in [-0.39, 0.29) is 5.91 Å². The molecular weight excluding hydrogens is 259 g/mol. The number of amides is 1. The van der Waals surface area contributed by atoms with Gasteiger partial charge in [-0.15, -0.1) is 0 Å². The van der Waals surface area contributed by atoms with Gasteiger partial charge in [-0.25, -0.2) is 0 Å². The van der Waals surface area contributed by atoms with E-state index in [1.807, 2.05) is 12.1 Å². The monoisotopic (exact) mass is 274 g/mol. The Bertz CT molecular complexity index is 383. The number of hydrogen-bond donors (Lipinski definition) is 2. The molecule has 0 saturated heterocycles. The van der Waals surface area contributed by atoms with Crippen molar-refractivity contribution >= 4 is 29.1 Å². The second-order valence-electron chi connectivity index (χ2n) is 3.74. The summed E-state index contributed by atoms with van der Waals surface area (Å²) >= 11 is 11.7. The predicted octanol–water partition coefficient (Wildman–Crippen LogP) is 2.39. The Morgan fingerprint density at radius 3 is 2.71 bits per heavy atom. The summed E-state index contributed by atoms with van der Waals surface area (Å²) in [5.41, 5.74) is 6.37. The number of hydrogen-bond acceptors (Lipinski definition) is 2. The van der Waals surface area contributed by atoms with Crippen LogP contribution in [0.5, 0.6) is 0 Å². The molecule has 3 nitrogen and oxygen atoms in total. The van der Waals surface area contributed by atoms with Crippen molar-refractivity contribution in [2.75, 3.05) is 13.1 Å². The quantitative estimate of drug-likeness (QED) is 0.837. The van der Waals surface area contributed by atoms with Crippen LogP contribution in [0.1, 0.15) is 18.4 Å². The summed E-state index contributed by atoms with van der Waals surface area (Å²) in [7, 11) is 0. The van der Waals surface area contributed by atoms with Crippen LogP contribution >= 0.6 is 23.2 Å². The molecule has 1 rings (SSSR count). The fourth-order valence-corrected chi connectivity index (χ4v) is 1.77. The molecule has 0 saturated carbocycles. The number of aryl methyl sites for hydroxylation is 1. The molecule has 1 amide bonds. The molecule has 1 aromatic rings. The smallest absolute Gasteiger partial charge is 0.220 e. The highest BCUT2D eigenvalue weighted by molar-refractivity contribution is 6.42. The standard InChI is InChI=1S/C12H16Cl2N2O/c13-10-5-4-9(8-11(10)14)2-1-3-12(17)16-7-6-15/h4-5,8H,1-3,6-7,15H2,(H,16,17). The number of benzene rings is 1. The van der Waals surface area contributed by atoms with Gasteiger partial charge < -0.3 is 11.1 Å². The first kappa shape index (κ1) is 14.3. The van der Waals surface area contributed by atoms with E-state index in [9.17, 15) is 4.79 Å². The Kier molecular flexibility index (Phi) is 6.34. The van der Waals surface area contributed by atoms with Gasteiger partial charge in [0.05, 0.1) is 10.0 Å². The number of carbonyl (C=O) groups excluding carboxylic acids is 1. The third kappa shape index (κ3) is 5.39. The van der Waals surface area contributed by atoms with E-state index in [1.165, 1.54) is 0 Å². The van der Waals surface area contributed by atoms with Crippen LogP contribution in [0, 0.1) is 0 Å². The van der Waals surface area contributed by atoms with Crippen molar-refractivity contribution in [1.82, 2.24) is 5.32 Å². The van der Waals surface area contributed by atoms with Gasteiger partial charge >= 0.3 is 0 Å². The van der Waals surface area contributed by atoms with Crippen LogP contribution in [0.4, 0.5) is 0 Å². The maximum absolute atomic E-state index is 11.3. The first-order chi connectivity index (χ1) is 8.13. The molecule has 5 heteroatoms. The minimum Gasteiger partial charge on any atom is -0.355 e. The Balaban J connectivity index is 2.30. The summed E-state index contributed by atoms with van der Waals surface area (Å²) in [5, 5.41) is 3.83. The molecule has 0 radical (unpaired) electrons. The van der Waals surface area contributed by atoms with Crippen LogP contribution < -0.4 is 11.1 Å². The number of nitrogens with one attached hydrogen (secondary N) is 1. The highest BCUT2D eigenvalue weighted by Crippen LogP contribution is 2.23. The fraction of sp³-hybridized carbons (Fsp3) is 0.417. The maximum Gasteiger partial charge on any atom is 0.220 e. The largest absolute Gasteiger partial charge is 0.355 e. The minimum absolute atomic E-state index is 0.0375. The topological polar surface area (TPSA) is 55.1 Å². The molecular formula is C12H16Cl2N2O. The zero-order chi connectivity index (χ0) is 12.7. The first-order valence-electron chi connectivity index (χ1n) is 5.54. The summed E-state index contributed by atoms with van der Waals surface area (Å²) in [4.78, 5) is 11.3. The van der Waals surface area contributed by atoms with Gasteiger partial charge in [0.25, 0.3) is 0 Å². The van der Waals surface area contributed by atoms with Gasteiger partial charge in [-0.1, -0.05) is 29.3 Å². The highest BCUT2D eigenvalue weighted by atomic mass is 35.5. The van der Waals surface area contributed by atoms with Crippen LogP contribution in [-0.4, -0.2) is 19.0 Å². The number of nitrogens with two attached hydrogens (primary N) is 1. The van der Waals surface area contributed by atoms with Gasteiger partial charge in [-0.2, -0.15) is 0 Å². The SMILES string of the molecule is NCCNC(=O)CCCc1ccc(Cl)c(Cl)c1. The summed E-state index contributed by atoms with van der Waals surface area (Å²) in [6.45, 7) is 1.00. The molecule has 0 spiro atoms. The van der Waals surface area contributed by atoms with Crippen molar-refractivity contribution in [2.45, 2.75) is 19.3 Å². The number of rotatable bonds is 6. The lowest BCUT2D eigenvalue weighted by atomic mass is 10.1. The van der Waals surface area contributed by atoms with Crippen molar-refractivity contribution in [3.8, 4) is 0 Å². The van der Waals surface area contributed by atoms with Gasteiger partial charge in [0, 0.05) is 19.5 Å². The summed E-state index contributed by atoms with van der Waals surface area (Å²) in [6.07, 6.45) is 2.10. The van der Waals surface area contributed by atoms with E-state index in [4.69, 9.17) is 28.9 Å². The summed E-state index contributed by atoms with van der Waals surface area (Å²) in [6, 6.07) is 5.53. The van der Waals surface area contributed by atoms with Crippen LogP contribution in [0.25, 0.3) is 0 Å². The number of carbonyl (C=O) groups is 1. The van der Waals surface area contributed by atoms with Crippen molar-refractivity contribution < 1.29 is 4.79 Å². The zero-order valence-electron chi connectivity index (χ0n) is 9.51. The molecule has 1 aromatic carbocycles. The predicted molar refractivity (Wildman–Crippen MR) is 71.5 cm³/mol. The van der Waals surface area contributed by atoms with Gasteiger partial charge in [0.2, 0.25) is 5.91 Å². The molecule has 0 heterocycles. The molecule has 17 heavy (non-hydrogen) atoms. The van der Waals surface area contributed by atoms with E-state index in [2.05, 4.69) is 5.32 Å². The normalized spacial score (nSPS) is 10.3. The molecule has 0 aliphatic rings. The van der Waals surface area contributed by atoms with E-state index in [0.29, 0.717) is 29.6 Å². The average Bonchev–Trinajstić information content (AvgIpc) is 2.31. The lowest BCUT2D eigenvalue weighted by Gasteiger charge is -2.04. The first-order valence-corrected chi connectivity index (χ1v) is 6.29. The van der Waals surface area contributed by atoms with Gasteiger partial charge in [0.1, 0.15) is 0 Å². The highest BCUT2D eigenvalue weighted by Gasteiger charge is 2.02. The van der Waals surface area contributed by atoms with Crippen molar-refractivity contribution in [3.63, 3.8) is 0 Å². The van der Waals surface area contributed by atoms with Gasteiger partial charge in [0.15, 0.2) is 0 Å². The molecule has 0 unspecified atom stereocenters. The van der Waals surface area contributed by atoms with Crippen LogP contribution in [0.3, 0.4) is 0 Å². The Hall–Kier alpha value is -0.770. The van der Waals surface area contributed by atoms with Crippen LogP contribution in [-0.2, 0) is 11.2 Å². The van der Waals surface area contributed by atoms with Gasteiger partial charge in [-0.3, -0.25) is 4.79 Å². The van der Waals surface area contributed by atoms with Crippen molar-refractivity contribution in [3.05, 3.63) is 33.8 Å². The Morgan fingerprint density at radius 2 is 2.06 bits per heavy atom. The molecule has 0 aromatic heterocycles. The van der Waals surface area contributed by atoms with Crippen LogP contribution in [0.15, 0.2) is 18.2 Å². The van der Waals surface area contributed by atoms with E-state index in [1.54, 1.807) is 6.07 Å². The average molecular weight is 275 g/mol. The molecule has 3 N–H and O–H groups in total. The van der Waals surface area contributed by atoms with E-state index in [0.717, 1.165) is 18.4 Å². The lowest BCUT2D eigenvalue weighted by molar-refractivity contribution is -0.121. The zero-order valence-corrected chi connectivity index (χ0v) is 11.0. The van der Waals surface area contributed by atoms with Crippen molar-refractivity contribution in [1.29, 1.82) is 0 Å². The molecule has 0 fully saturated rings. The van der Waals surface area contributed by atoms with E-state index >= 15 is 0 Å². The van der Waals surface area contributed by atoms with E-state index < -0.39 is 0 Å². The molecule has 94 valence electrons. The van der Waals surface area contributed by atoms with Crippen LogP contribution in [0.2, 0.25) is 10.0 Å². The molecule has 0 aliphatic carbocycles. The number of halogens is 2. The third-order valence-electron chi connectivity index (χ3n) is 2.32. The Morgan fingerprint density at radius 1 is 1.29 bits per heavy atom. The minimum atomic E-state index is 0.0375. The lowest BCUT2D eigenvalue weighted by Crippen LogP contribution is -2.28. The summed E-state index contributed by atoms with van der Waals surface area (Å²) in [5.74, 6) is 0.0375. The second-order valence-corrected chi connectivity index (χ2v) is 4.56. The fourth-order valence-electron chi connectivity index (χ4n) is 1.45. The molecule has 0 bridgehead atoms. The maximum atomic E-state index is 11.3. The second kappa shape index (κ2) is 7.54. The Labute approximate surface area is 111 Å². The molecule has 0 atom stereocenters. The summed E-state index contributed by atoms with van der Waals surface area (Å²) < 4.78 is 0. The van der Waals surface area contributed by atoms with Gasteiger partial charge in [-0.05, 0) is 30.5 Å². The van der Waals surface area contributed by atoms with Crippen molar-refractivity contribution in [2.24, 2.45) is 5.73 Å².